The molecule has 0 amide bonds. The van der Waals surface area contributed by atoms with Crippen LogP contribution >= 0.6 is 0 Å². The van der Waals surface area contributed by atoms with Crippen molar-refractivity contribution in [3.05, 3.63) is 0 Å². The molecule has 1 aliphatic heterocycles. The van der Waals surface area contributed by atoms with Gasteiger partial charge in [-0.15, -0.1) is 5.16 Å². The molecule has 5 rings (SSSR count). The predicted molar refractivity (Wildman–Crippen MR) is 187 cm³/mol. The van der Waals surface area contributed by atoms with Crippen molar-refractivity contribution < 1.29 is 82.1 Å². The van der Waals surface area contributed by atoms with Crippen molar-refractivity contribution in [2.75, 3.05) is 6.61 Å². The molecule has 0 unspecified atom stereocenters. The Hall–Kier alpha value is -3.87. The molecule has 5 fully saturated rings. The third kappa shape index (κ3) is 7.73. The molecule has 5 aliphatic rings. The molecule has 15 atom stereocenters. The molecule has 0 aromatic carbocycles. The van der Waals surface area contributed by atoms with Crippen molar-refractivity contribution in [2.45, 2.75) is 161 Å². The highest BCUT2D eigenvalue weighted by molar-refractivity contribution is 5.69. The van der Waals surface area contributed by atoms with E-state index in [1.54, 1.807) is 6.92 Å². The summed E-state index contributed by atoms with van der Waals surface area (Å²) < 4.78 is 47.0. The van der Waals surface area contributed by atoms with Gasteiger partial charge in [0, 0.05) is 77.8 Å². The van der Waals surface area contributed by atoms with Crippen LogP contribution < -0.4 is 0 Å². The number of nitrogens with zero attached hydrogens (tertiary/aromatic N) is 1. The number of rotatable bonds is 10. The minimum Gasteiger partial charge on any atom is -0.465 e. The van der Waals surface area contributed by atoms with Gasteiger partial charge in [0.15, 0.2) is 24.6 Å². The Balaban J connectivity index is 1.61. The van der Waals surface area contributed by atoms with Gasteiger partial charge in [0.1, 0.15) is 18.8 Å². The predicted octanol–water partition coefficient (Wildman–Crippen LogP) is 1.89. The van der Waals surface area contributed by atoms with E-state index in [9.17, 15) is 44.2 Å². The Morgan fingerprint density at radius 1 is 0.768 bits per heavy atom. The van der Waals surface area contributed by atoms with Crippen molar-refractivity contribution in [3.63, 3.8) is 0 Å². The van der Waals surface area contributed by atoms with Gasteiger partial charge in [0.05, 0.1) is 28.8 Å². The summed E-state index contributed by atoms with van der Waals surface area (Å²) in [6, 6.07) is 0. The number of fused-ring (bicyclic) bond motifs is 5. The van der Waals surface area contributed by atoms with Crippen LogP contribution in [0, 0.1) is 28.6 Å². The van der Waals surface area contributed by atoms with Crippen LogP contribution in [0.5, 0.6) is 0 Å². The lowest BCUT2D eigenvalue weighted by molar-refractivity contribution is -0.344. The topological polar surface area (TPSA) is 249 Å². The second-order valence-corrected chi connectivity index (χ2v) is 16.4. The summed E-state index contributed by atoms with van der Waals surface area (Å²) in [6.07, 6.45) is -7.72. The Morgan fingerprint density at radius 2 is 1.36 bits per heavy atom. The van der Waals surface area contributed by atoms with Crippen molar-refractivity contribution in [1.82, 2.24) is 0 Å². The van der Waals surface area contributed by atoms with Crippen molar-refractivity contribution in [1.29, 1.82) is 0 Å². The quantitative estimate of drug-likeness (QED) is 0.0713. The van der Waals surface area contributed by atoms with E-state index in [0.29, 0.717) is 6.42 Å². The van der Waals surface area contributed by atoms with Gasteiger partial charge < -0.3 is 53.3 Å². The van der Waals surface area contributed by atoms with Crippen LogP contribution in [-0.4, -0.2) is 124 Å². The average molecular weight is 798 g/mol. The fourth-order valence-electron chi connectivity index (χ4n) is 11.0. The SMILES string of the molecule is CC(=O)OC[C@@]12[C@@H]3[C@@H](CC[C@]1(O)C[C@@H](O[C@@H]1O[C@@H](C)[C@H](OC(C)=O)[C@@H](OC(C)=O)[C@H]1OC(C)=O)C[C@H]2OC(C)=O)[C@@]1(O)CC[C@H](/C=N\O)[C@@]1(C)C[C@H]3OC(C)=O. The second-order valence-electron chi connectivity index (χ2n) is 16.4. The highest BCUT2D eigenvalue weighted by Crippen LogP contribution is 2.70. The van der Waals surface area contributed by atoms with Crippen LogP contribution in [0.15, 0.2) is 5.16 Å². The van der Waals surface area contributed by atoms with Gasteiger partial charge >= 0.3 is 35.8 Å². The average Bonchev–Trinajstić information content (AvgIpc) is 3.32. The van der Waals surface area contributed by atoms with Crippen LogP contribution in [-0.2, 0) is 66.7 Å². The Morgan fingerprint density at radius 3 is 1.93 bits per heavy atom. The Labute approximate surface area is 324 Å². The van der Waals surface area contributed by atoms with Crippen LogP contribution in [0.25, 0.3) is 0 Å². The first-order valence-electron chi connectivity index (χ1n) is 19.0. The molecule has 0 aromatic heterocycles. The van der Waals surface area contributed by atoms with E-state index >= 15 is 0 Å². The summed E-state index contributed by atoms with van der Waals surface area (Å²) >= 11 is 0. The minimum atomic E-state index is -1.88. The number of aliphatic hydroxyl groups is 2. The smallest absolute Gasteiger partial charge is 0.303 e. The summed E-state index contributed by atoms with van der Waals surface area (Å²) in [6.45, 7) is 9.92. The molecule has 4 aliphatic carbocycles. The highest BCUT2D eigenvalue weighted by atomic mass is 16.7. The Bertz CT molecular complexity index is 1590. The number of ether oxygens (including phenoxy) is 8. The van der Waals surface area contributed by atoms with Gasteiger partial charge in [0.2, 0.25) is 0 Å². The lowest BCUT2D eigenvalue weighted by atomic mass is 9.40. The first-order valence-corrected chi connectivity index (χ1v) is 19.0. The van der Waals surface area contributed by atoms with Crippen LogP contribution in [0.2, 0.25) is 0 Å². The molecule has 314 valence electrons. The van der Waals surface area contributed by atoms with Crippen LogP contribution in [0.4, 0.5) is 0 Å². The van der Waals surface area contributed by atoms with E-state index in [4.69, 9.17) is 37.9 Å². The molecule has 1 saturated heterocycles. The third-order valence-electron chi connectivity index (χ3n) is 13.0. The van der Waals surface area contributed by atoms with E-state index in [-0.39, 0.29) is 38.5 Å². The van der Waals surface area contributed by atoms with Gasteiger partial charge in [-0.05, 0) is 44.9 Å². The van der Waals surface area contributed by atoms with E-state index in [0.717, 1.165) is 20.8 Å². The molecule has 18 nitrogen and oxygen atoms in total. The van der Waals surface area contributed by atoms with Gasteiger partial charge in [0.25, 0.3) is 0 Å². The van der Waals surface area contributed by atoms with Crippen LogP contribution in [0.3, 0.4) is 0 Å². The van der Waals surface area contributed by atoms with Gasteiger partial charge in [-0.2, -0.15) is 0 Å². The summed E-state index contributed by atoms with van der Waals surface area (Å²) in [5.41, 5.74) is -5.94. The van der Waals surface area contributed by atoms with E-state index in [1.165, 1.54) is 27.0 Å². The number of oxime groups is 1. The third-order valence-corrected chi connectivity index (χ3v) is 13.0. The minimum absolute atomic E-state index is 0.0170. The molecular formula is C38H55NO17. The molecular weight excluding hydrogens is 742 g/mol. The maximum absolute atomic E-state index is 13.1. The monoisotopic (exact) mass is 797 g/mol. The standard InChI is InChI=1S/C38H55NO17/c1-18-31(53-22(5)43)32(54-23(6)44)33(55-24(7)45)34(50-18)56-26-13-29(52-21(4)42)37(17-49-19(2)40)30-27(10-11-36(37,46)14-26)38(47)12-9-25(16-39-48)35(38,8)15-28(30)51-20(3)41/h16,18,25-34,46-48H,9-15,17H2,1-8H3/b39-16-/t18-,25+,26-,27+,28+,29+,30+,31-,32+,33+,34-,35+,36-,37+,38-/m0/s1. The van der Waals surface area contributed by atoms with Crippen LogP contribution in [0.1, 0.15) is 100 Å². The molecule has 4 saturated carbocycles. The molecule has 3 N–H and O–H groups in total. The molecule has 0 aromatic rings. The van der Waals surface area contributed by atoms with Gasteiger partial charge in [-0.25, -0.2) is 0 Å². The van der Waals surface area contributed by atoms with Crippen molar-refractivity contribution in [2.24, 2.45) is 33.7 Å². The summed E-state index contributed by atoms with van der Waals surface area (Å²) in [5, 5.41) is 38.7. The maximum Gasteiger partial charge on any atom is 0.303 e. The lowest BCUT2D eigenvalue weighted by Crippen LogP contribution is -2.76. The van der Waals surface area contributed by atoms with E-state index in [2.05, 4.69) is 5.16 Å². The van der Waals surface area contributed by atoms with Gasteiger partial charge in [-0.1, -0.05) is 6.92 Å². The molecule has 18 heteroatoms. The fraction of sp³-hybridized carbons (Fsp3) is 0.816. The molecule has 0 spiro atoms. The number of hydrogen-bond donors (Lipinski definition) is 3. The molecule has 1 heterocycles. The summed E-state index contributed by atoms with van der Waals surface area (Å²) in [7, 11) is 0. The number of carbonyl (C=O) groups excluding carboxylic acids is 6. The lowest BCUT2D eigenvalue weighted by Gasteiger charge is -2.68. The van der Waals surface area contributed by atoms with Gasteiger partial charge in [-0.3, -0.25) is 28.8 Å². The van der Waals surface area contributed by atoms with E-state index in [1.807, 2.05) is 6.92 Å². The zero-order valence-electron chi connectivity index (χ0n) is 33.1. The molecule has 56 heavy (non-hydrogen) atoms. The molecule has 0 bridgehead atoms. The number of esters is 6. The first-order chi connectivity index (χ1) is 26.1. The summed E-state index contributed by atoms with van der Waals surface area (Å²) in [4.78, 5) is 75.1. The normalized spacial score (nSPS) is 42.9. The largest absolute Gasteiger partial charge is 0.465 e. The maximum atomic E-state index is 13.1. The molecule has 0 radical (unpaired) electrons. The number of hydrogen-bond acceptors (Lipinski definition) is 18. The zero-order chi connectivity index (χ0) is 41.5. The fourth-order valence-corrected chi connectivity index (χ4v) is 11.0. The highest BCUT2D eigenvalue weighted by Gasteiger charge is 2.77. The van der Waals surface area contributed by atoms with Crippen molar-refractivity contribution in [3.8, 4) is 0 Å². The van der Waals surface area contributed by atoms with Crippen molar-refractivity contribution >= 4 is 42.0 Å². The number of carbonyl (C=O) groups is 6. The summed E-state index contributed by atoms with van der Waals surface area (Å²) in [5.74, 6) is -6.37. The van der Waals surface area contributed by atoms with E-state index < -0.39 is 131 Å². The Kier molecular flexibility index (Phi) is 12.5. The second kappa shape index (κ2) is 16.2. The zero-order valence-corrected chi connectivity index (χ0v) is 33.1. The first kappa shape index (κ1) is 43.3.